The zero-order valence-electron chi connectivity index (χ0n) is 15.3. The topological polar surface area (TPSA) is 18.5 Å². The Morgan fingerprint density at radius 1 is 0.792 bits per heavy atom. The summed E-state index contributed by atoms with van der Waals surface area (Å²) in [6, 6.07) is 13.3. The van der Waals surface area contributed by atoms with Gasteiger partial charge in [-0.1, -0.05) is 37.1 Å². The summed E-state index contributed by atoms with van der Waals surface area (Å²) < 4.78 is 10.9. The van der Waals surface area contributed by atoms with Gasteiger partial charge in [0.15, 0.2) is 0 Å². The molecule has 0 amide bonds. The molecule has 0 bridgehead atoms. The lowest BCUT2D eigenvalue weighted by molar-refractivity contribution is 0.410. The van der Waals surface area contributed by atoms with Crippen LogP contribution in [0.4, 0.5) is 0 Å². The zero-order chi connectivity index (χ0) is 17.1. The van der Waals surface area contributed by atoms with Crippen molar-refractivity contribution in [1.29, 1.82) is 0 Å². The fraction of sp³-hybridized carbons (Fsp3) is 0.455. The molecule has 0 heterocycles. The Bertz CT molecular complexity index is 646. The average Bonchev–Trinajstić information content (AvgIpc) is 3.09. The first-order chi connectivity index (χ1) is 11.6. The number of aryl methyl sites for hydroxylation is 2. The maximum Gasteiger partial charge on any atom is 0.121 e. The molecule has 0 spiro atoms. The van der Waals surface area contributed by atoms with Crippen LogP contribution in [0, 0.1) is 19.8 Å². The molecule has 0 saturated heterocycles. The number of benzene rings is 2. The summed E-state index contributed by atoms with van der Waals surface area (Å²) in [4.78, 5) is 0. The van der Waals surface area contributed by atoms with Crippen LogP contribution < -0.4 is 9.47 Å². The Labute approximate surface area is 145 Å². The molecule has 3 rings (SSSR count). The minimum Gasteiger partial charge on any atom is -0.496 e. The Morgan fingerprint density at radius 3 is 1.62 bits per heavy atom. The summed E-state index contributed by atoms with van der Waals surface area (Å²) in [7, 11) is 3.48. The molecule has 1 saturated carbocycles. The summed E-state index contributed by atoms with van der Waals surface area (Å²) in [5.41, 5.74) is 5.24. The van der Waals surface area contributed by atoms with Gasteiger partial charge >= 0.3 is 0 Å². The van der Waals surface area contributed by atoms with Gasteiger partial charge in [-0.05, 0) is 67.0 Å². The van der Waals surface area contributed by atoms with Gasteiger partial charge < -0.3 is 9.47 Å². The zero-order valence-corrected chi connectivity index (χ0v) is 15.3. The first kappa shape index (κ1) is 16.9. The van der Waals surface area contributed by atoms with Gasteiger partial charge in [-0.15, -0.1) is 0 Å². The predicted molar refractivity (Wildman–Crippen MR) is 99.3 cm³/mol. The SMILES string of the molecule is COc1ccc(C(c2ccc(OC)c(C)c2)C2CCCC2)cc1C. The number of hydrogen-bond acceptors (Lipinski definition) is 2. The van der Waals surface area contributed by atoms with E-state index in [0.717, 1.165) is 17.4 Å². The van der Waals surface area contributed by atoms with E-state index in [4.69, 9.17) is 9.47 Å². The molecule has 2 aromatic rings. The lowest BCUT2D eigenvalue weighted by atomic mass is 9.79. The van der Waals surface area contributed by atoms with E-state index in [-0.39, 0.29) is 0 Å². The van der Waals surface area contributed by atoms with E-state index in [1.54, 1.807) is 14.2 Å². The molecule has 128 valence electrons. The van der Waals surface area contributed by atoms with Crippen molar-refractivity contribution < 1.29 is 9.47 Å². The molecular formula is C22H28O2. The second-order valence-electron chi connectivity index (χ2n) is 6.98. The maximum atomic E-state index is 5.44. The molecular weight excluding hydrogens is 296 g/mol. The number of methoxy groups -OCH3 is 2. The van der Waals surface area contributed by atoms with Crippen LogP contribution >= 0.6 is 0 Å². The summed E-state index contributed by atoms with van der Waals surface area (Å²) >= 11 is 0. The standard InChI is InChI=1S/C22H28O2/c1-15-13-18(9-11-20(15)23-3)22(17-7-5-6-8-17)19-10-12-21(24-4)16(2)14-19/h9-14,17,22H,5-8H2,1-4H3. The largest absolute Gasteiger partial charge is 0.496 e. The Hall–Kier alpha value is -1.96. The van der Waals surface area contributed by atoms with Gasteiger partial charge in [-0.2, -0.15) is 0 Å². The third-order valence-electron chi connectivity index (χ3n) is 5.43. The summed E-state index contributed by atoms with van der Waals surface area (Å²) in [5.74, 6) is 3.12. The minimum absolute atomic E-state index is 0.460. The van der Waals surface area contributed by atoms with Crippen molar-refractivity contribution in [1.82, 2.24) is 0 Å². The molecule has 2 heteroatoms. The first-order valence-electron chi connectivity index (χ1n) is 8.93. The van der Waals surface area contributed by atoms with Crippen molar-refractivity contribution in [3.63, 3.8) is 0 Å². The third kappa shape index (κ3) is 3.28. The van der Waals surface area contributed by atoms with Crippen LogP contribution in [0.1, 0.15) is 53.9 Å². The van der Waals surface area contributed by atoms with E-state index < -0.39 is 0 Å². The van der Waals surface area contributed by atoms with Crippen molar-refractivity contribution in [3.8, 4) is 11.5 Å². The fourth-order valence-corrected chi connectivity index (χ4v) is 4.22. The molecule has 1 aliphatic carbocycles. The Balaban J connectivity index is 2.03. The van der Waals surface area contributed by atoms with Crippen LogP contribution in [0.5, 0.6) is 11.5 Å². The summed E-state index contributed by atoms with van der Waals surface area (Å²) in [6.07, 6.45) is 5.35. The number of hydrogen-bond donors (Lipinski definition) is 0. The highest BCUT2D eigenvalue weighted by molar-refractivity contribution is 5.45. The molecule has 2 nitrogen and oxygen atoms in total. The van der Waals surface area contributed by atoms with Crippen LogP contribution in [0.2, 0.25) is 0 Å². The molecule has 0 aliphatic heterocycles. The molecule has 2 aromatic carbocycles. The van der Waals surface area contributed by atoms with Gasteiger partial charge in [-0.25, -0.2) is 0 Å². The van der Waals surface area contributed by atoms with Gasteiger partial charge in [0.25, 0.3) is 0 Å². The average molecular weight is 324 g/mol. The second-order valence-corrected chi connectivity index (χ2v) is 6.98. The van der Waals surface area contributed by atoms with Crippen LogP contribution in [0.15, 0.2) is 36.4 Å². The first-order valence-corrected chi connectivity index (χ1v) is 8.93. The quantitative estimate of drug-likeness (QED) is 0.708. The van der Waals surface area contributed by atoms with Crippen molar-refractivity contribution in [3.05, 3.63) is 58.7 Å². The van der Waals surface area contributed by atoms with Crippen LogP contribution in [-0.2, 0) is 0 Å². The highest BCUT2D eigenvalue weighted by Crippen LogP contribution is 2.43. The molecule has 1 aliphatic rings. The van der Waals surface area contributed by atoms with Crippen molar-refractivity contribution in [2.45, 2.75) is 45.4 Å². The number of rotatable bonds is 5. The lowest BCUT2D eigenvalue weighted by Crippen LogP contribution is -2.12. The second kappa shape index (κ2) is 7.29. The Kier molecular flexibility index (Phi) is 5.13. The van der Waals surface area contributed by atoms with E-state index in [1.165, 1.54) is 47.9 Å². The van der Waals surface area contributed by atoms with Gasteiger partial charge in [0.05, 0.1) is 14.2 Å². The van der Waals surface area contributed by atoms with E-state index in [9.17, 15) is 0 Å². The van der Waals surface area contributed by atoms with Crippen molar-refractivity contribution in [2.24, 2.45) is 5.92 Å². The predicted octanol–water partition coefficient (Wildman–Crippen LogP) is 5.64. The van der Waals surface area contributed by atoms with Crippen LogP contribution in [0.3, 0.4) is 0 Å². The molecule has 0 N–H and O–H groups in total. The van der Waals surface area contributed by atoms with Crippen LogP contribution in [0.25, 0.3) is 0 Å². The fourth-order valence-electron chi connectivity index (χ4n) is 4.22. The van der Waals surface area contributed by atoms with E-state index in [1.807, 2.05) is 0 Å². The lowest BCUT2D eigenvalue weighted by Gasteiger charge is -2.26. The van der Waals surface area contributed by atoms with Crippen molar-refractivity contribution >= 4 is 0 Å². The summed E-state index contributed by atoms with van der Waals surface area (Å²) in [5, 5.41) is 0. The van der Waals surface area contributed by atoms with E-state index in [2.05, 4.69) is 50.2 Å². The highest BCUT2D eigenvalue weighted by atomic mass is 16.5. The molecule has 0 unspecified atom stereocenters. The molecule has 24 heavy (non-hydrogen) atoms. The van der Waals surface area contributed by atoms with Gasteiger partial charge in [0.2, 0.25) is 0 Å². The smallest absolute Gasteiger partial charge is 0.121 e. The minimum atomic E-state index is 0.460. The molecule has 0 aromatic heterocycles. The van der Waals surface area contributed by atoms with Gasteiger partial charge in [-0.3, -0.25) is 0 Å². The monoisotopic (exact) mass is 324 g/mol. The molecule has 0 radical (unpaired) electrons. The highest BCUT2D eigenvalue weighted by Gasteiger charge is 2.28. The van der Waals surface area contributed by atoms with Crippen LogP contribution in [-0.4, -0.2) is 14.2 Å². The third-order valence-corrected chi connectivity index (χ3v) is 5.43. The van der Waals surface area contributed by atoms with Gasteiger partial charge in [0, 0.05) is 5.92 Å². The summed E-state index contributed by atoms with van der Waals surface area (Å²) in [6.45, 7) is 4.26. The number of ether oxygens (including phenoxy) is 2. The molecule has 1 fully saturated rings. The Morgan fingerprint density at radius 2 is 1.25 bits per heavy atom. The molecule has 0 atom stereocenters. The van der Waals surface area contributed by atoms with E-state index >= 15 is 0 Å². The maximum absolute atomic E-state index is 5.44. The van der Waals surface area contributed by atoms with Gasteiger partial charge in [0.1, 0.15) is 11.5 Å². The van der Waals surface area contributed by atoms with E-state index in [0.29, 0.717) is 5.92 Å². The normalized spacial score (nSPS) is 15.0. The van der Waals surface area contributed by atoms with Crippen molar-refractivity contribution in [2.75, 3.05) is 14.2 Å².